The van der Waals surface area contributed by atoms with Crippen LogP contribution in [0.4, 0.5) is 0 Å². The SMILES string of the molecule is CN(CCC1CCCCN1)C1CCOCC1. The summed E-state index contributed by atoms with van der Waals surface area (Å²) >= 11 is 0. The lowest BCUT2D eigenvalue weighted by molar-refractivity contribution is 0.0417. The summed E-state index contributed by atoms with van der Waals surface area (Å²) in [7, 11) is 2.28. The van der Waals surface area contributed by atoms with Gasteiger partial charge in [0.1, 0.15) is 0 Å². The predicted octanol–water partition coefficient (Wildman–Crippen LogP) is 1.63. The number of nitrogens with zero attached hydrogens (tertiary/aromatic N) is 1. The van der Waals surface area contributed by atoms with E-state index < -0.39 is 0 Å². The Bertz CT molecular complexity index is 186. The number of ether oxygens (including phenoxy) is 1. The van der Waals surface area contributed by atoms with Crippen LogP contribution in [-0.4, -0.2) is 50.3 Å². The van der Waals surface area contributed by atoms with Gasteiger partial charge >= 0.3 is 0 Å². The zero-order valence-corrected chi connectivity index (χ0v) is 10.6. The van der Waals surface area contributed by atoms with E-state index in [1.54, 1.807) is 0 Å². The van der Waals surface area contributed by atoms with Crippen LogP contribution in [0.25, 0.3) is 0 Å². The first kappa shape index (κ1) is 12.3. The monoisotopic (exact) mass is 226 g/mol. The first-order valence-corrected chi connectivity index (χ1v) is 6.87. The number of hydrogen-bond donors (Lipinski definition) is 1. The van der Waals surface area contributed by atoms with E-state index in [4.69, 9.17) is 4.74 Å². The highest BCUT2D eigenvalue weighted by Crippen LogP contribution is 2.15. The number of hydrogen-bond acceptors (Lipinski definition) is 3. The molecule has 16 heavy (non-hydrogen) atoms. The number of rotatable bonds is 4. The predicted molar refractivity (Wildman–Crippen MR) is 66.7 cm³/mol. The molecule has 2 heterocycles. The van der Waals surface area contributed by atoms with Gasteiger partial charge in [-0.3, -0.25) is 0 Å². The summed E-state index contributed by atoms with van der Waals surface area (Å²) in [6.07, 6.45) is 7.91. The van der Waals surface area contributed by atoms with Crippen molar-refractivity contribution in [3.05, 3.63) is 0 Å². The Kier molecular flexibility index (Phi) is 5.07. The molecule has 2 rings (SSSR count). The highest BCUT2D eigenvalue weighted by molar-refractivity contribution is 4.76. The lowest BCUT2D eigenvalue weighted by atomic mass is 10.0. The Morgan fingerprint density at radius 1 is 1.19 bits per heavy atom. The molecule has 2 saturated heterocycles. The fourth-order valence-corrected chi connectivity index (χ4v) is 2.84. The highest BCUT2D eigenvalue weighted by atomic mass is 16.5. The van der Waals surface area contributed by atoms with Gasteiger partial charge in [-0.1, -0.05) is 6.42 Å². The van der Waals surface area contributed by atoms with Crippen LogP contribution in [0.3, 0.4) is 0 Å². The Labute approximate surface area is 99.5 Å². The van der Waals surface area contributed by atoms with Crippen molar-refractivity contribution >= 4 is 0 Å². The fourth-order valence-electron chi connectivity index (χ4n) is 2.84. The minimum atomic E-state index is 0.761. The molecule has 2 aliphatic rings. The molecule has 0 spiro atoms. The summed E-state index contributed by atoms with van der Waals surface area (Å²) in [6, 6.07) is 1.54. The maximum atomic E-state index is 5.41. The minimum Gasteiger partial charge on any atom is -0.381 e. The normalized spacial score (nSPS) is 28.5. The molecule has 0 radical (unpaired) electrons. The molecule has 1 unspecified atom stereocenters. The molecule has 2 fully saturated rings. The third kappa shape index (κ3) is 3.72. The minimum absolute atomic E-state index is 0.761. The van der Waals surface area contributed by atoms with Crippen molar-refractivity contribution in [3.63, 3.8) is 0 Å². The molecule has 0 bridgehead atoms. The second-order valence-electron chi connectivity index (χ2n) is 5.26. The summed E-state index contributed by atoms with van der Waals surface area (Å²) in [5, 5.41) is 3.63. The van der Waals surface area contributed by atoms with Crippen LogP contribution in [-0.2, 0) is 4.74 Å². The molecule has 3 nitrogen and oxygen atoms in total. The van der Waals surface area contributed by atoms with Crippen LogP contribution in [0.1, 0.15) is 38.5 Å². The standard InChI is InChI=1S/C13H26N2O/c1-15(13-6-10-16-11-7-13)9-5-12-4-2-3-8-14-12/h12-14H,2-11H2,1H3. The van der Waals surface area contributed by atoms with Crippen LogP contribution in [0.2, 0.25) is 0 Å². The number of nitrogens with one attached hydrogen (secondary N) is 1. The maximum absolute atomic E-state index is 5.41. The van der Waals surface area contributed by atoms with E-state index >= 15 is 0 Å². The molecule has 0 amide bonds. The van der Waals surface area contributed by atoms with E-state index in [2.05, 4.69) is 17.3 Å². The third-order valence-electron chi connectivity index (χ3n) is 4.06. The van der Waals surface area contributed by atoms with Crippen LogP contribution < -0.4 is 5.32 Å². The molecule has 1 atom stereocenters. The Morgan fingerprint density at radius 2 is 2.00 bits per heavy atom. The topological polar surface area (TPSA) is 24.5 Å². The van der Waals surface area contributed by atoms with Crippen molar-refractivity contribution in [1.29, 1.82) is 0 Å². The van der Waals surface area contributed by atoms with Crippen LogP contribution in [0.15, 0.2) is 0 Å². The van der Waals surface area contributed by atoms with Crippen molar-refractivity contribution < 1.29 is 4.74 Å². The second-order valence-corrected chi connectivity index (χ2v) is 5.26. The van der Waals surface area contributed by atoms with E-state index in [0.29, 0.717) is 0 Å². The largest absolute Gasteiger partial charge is 0.381 e. The van der Waals surface area contributed by atoms with Gasteiger partial charge in [-0.25, -0.2) is 0 Å². The molecule has 0 aromatic carbocycles. The number of piperidine rings is 1. The lowest BCUT2D eigenvalue weighted by Gasteiger charge is -2.33. The van der Waals surface area contributed by atoms with Gasteiger partial charge in [0.25, 0.3) is 0 Å². The average molecular weight is 226 g/mol. The molecule has 0 aromatic rings. The van der Waals surface area contributed by atoms with E-state index in [0.717, 1.165) is 25.3 Å². The fraction of sp³-hybridized carbons (Fsp3) is 1.00. The molecule has 1 N–H and O–H groups in total. The molecule has 0 aliphatic carbocycles. The van der Waals surface area contributed by atoms with E-state index in [1.807, 2.05) is 0 Å². The Balaban J connectivity index is 1.63. The van der Waals surface area contributed by atoms with Crippen LogP contribution in [0.5, 0.6) is 0 Å². The van der Waals surface area contributed by atoms with Gasteiger partial charge in [0.15, 0.2) is 0 Å². The van der Waals surface area contributed by atoms with Crippen molar-refractivity contribution in [2.24, 2.45) is 0 Å². The van der Waals surface area contributed by atoms with Gasteiger partial charge in [0, 0.05) is 25.3 Å². The average Bonchev–Trinajstić information content (AvgIpc) is 2.38. The summed E-state index contributed by atoms with van der Waals surface area (Å²) in [5.41, 5.74) is 0. The lowest BCUT2D eigenvalue weighted by Crippen LogP contribution is -2.41. The quantitative estimate of drug-likeness (QED) is 0.788. The Morgan fingerprint density at radius 3 is 2.69 bits per heavy atom. The van der Waals surface area contributed by atoms with E-state index in [1.165, 1.54) is 51.6 Å². The van der Waals surface area contributed by atoms with Gasteiger partial charge in [-0.2, -0.15) is 0 Å². The second kappa shape index (κ2) is 6.58. The molecule has 0 saturated carbocycles. The zero-order valence-electron chi connectivity index (χ0n) is 10.6. The van der Waals surface area contributed by atoms with Gasteiger partial charge in [0.2, 0.25) is 0 Å². The van der Waals surface area contributed by atoms with E-state index in [-0.39, 0.29) is 0 Å². The zero-order chi connectivity index (χ0) is 11.2. The van der Waals surface area contributed by atoms with Crippen molar-refractivity contribution in [2.45, 2.75) is 50.6 Å². The maximum Gasteiger partial charge on any atom is 0.0480 e. The van der Waals surface area contributed by atoms with Gasteiger partial charge in [0.05, 0.1) is 0 Å². The molecule has 2 aliphatic heterocycles. The molecular formula is C13H26N2O. The first-order chi connectivity index (χ1) is 7.86. The highest BCUT2D eigenvalue weighted by Gasteiger charge is 2.19. The summed E-state index contributed by atoms with van der Waals surface area (Å²) in [5.74, 6) is 0. The Hall–Kier alpha value is -0.120. The summed E-state index contributed by atoms with van der Waals surface area (Å²) in [6.45, 7) is 4.38. The van der Waals surface area contributed by atoms with Crippen molar-refractivity contribution in [3.8, 4) is 0 Å². The molecule has 94 valence electrons. The van der Waals surface area contributed by atoms with Gasteiger partial charge < -0.3 is 15.0 Å². The summed E-state index contributed by atoms with van der Waals surface area (Å²) < 4.78 is 5.41. The summed E-state index contributed by atoms with van der Waals surface area (Å²) in [4.78, 5) is 2.54. The molecule has 0 aromatic heterocycles. The smallest absolute Gasteiger partial charge is 0.0480 e. The first-order valence-electron chi connectivity index (χ1n) is 6.87. The van der Waals surface area contributed by atoms with Crippen LogP contribution >= 0.6 is 0 Å². The van der Waals surface area contributed by atoms with Gasteiger partial charge in [-0.15, -0.1) is 0 Å². The van der Waals surface area contributed by atoms with E-state index in [9.17, 15) is 0 Å². The van der Waals surface area contributed by atoms with Crippen molar-refractivity contribution in [2.75, 3.05) is 33.4 Å². The van der Waals surface area contributed by atoms with Crippen LogP contribution in [0, 0.1) is 0 Å². The molecular weight excluding hydrogens is 200 g/mol. The van der Waals surface area contributed by atoms with Crippen molar-refractivity contribution in [1.82, 2.24) is 10.2 Å². The van der Waals surface area contributed by atoms with Gasteiger partial charge in [-0.05, 0) is 52.2 Å². The third-order valence-corrected chi connectivity index (χ3v) is 4.06. The molecule has 3 heteroatoms.